The third-order valence-electron chi connectivity index (χ3n) is 4.42. The third-order valence-corrected chi connectivity index (χ3v) is 4.42. The molecule has 0 radical (unpaired) electrons. The molecule has 2 aromatic carbocycles. The van der Waals surface area contributed by atoms with Gasteiger partial charge in [-0.15, -0.1) is 0 Å². The van der Waals surface area contributed by atoms with Crippen molar-refractivity contribution >= 4 is 23.5 Å². The van der Waals surface area contributed by atoms with Gasteiger partial charge >= 0.3 is 11.8 Å². The van der Waals surface area contributed by atoms with Gasteiger partial charge in [0, 0.05) is 18.4 Å². The van der Waals surface area contributed by atoms with E-state index >= 15 is 0 Å². The summed E-state index contributed by atoms with van der Waals surface area (Å²) in [5.74, 6) is -2.24. The molecule has 0 bridgehead atoms. The fourth-order valence-electron chi connectivity index (χ4n) is 2.76. The summed E-state index contributed by atoms with van der Waals surface area (Å²) in [5, 5.41) is 2.35. The molecular formula is C23H21N3O5. The van der Waals surface area contributed by atoms with E-state index in [-0.39, 0.29) is 25.2 Å². The van der Waals surface area contributed by atoms with E-state index < -0.39 is 17.7 Å². The van der Waals surface area contributed by atoms with E-state index in [0.29, 0.717) is 11.3 Å². The Balaban J connectivity index is 1.39. The number of carbonyl (C=O) groups excluding carboxylic acids is 4. The molecule has 0 spiro atoms. The lowest BCUT2D eigenvalue weighted by atomic mass is 10.0. The summed E-state index contributed by atoms with van der Waals surface area (Å²) in [5.41, 5.74) is 6.66. The molecule has 8 heteroatoms. The first-order valence-corrected chi connectivity index (χ1v) is 9.61. The van der Waals surface area contributed by atoms with Crippen LogP contribution in [0.3, 0.4) is 0 Å². The average Bonchev–Trinajstić information content (AvgIpc) is 3.33. The fourth-order valence-corrected chi connectivity index (χ4v) is 2.76. The van der Waals surface area contributed by atoms with E-state index in [1.54, 1.807) is 24.3 Å². The van der Waals surface area contributed by atoms with Gasteiger partial charge in [0.05, 0.1) is 12.8 Å². The molecular weight excluding hydrogens is 398 g/mol. The van der Waals surface area contributed by atoms with Crippen molar-refractivity contribution < 1.29 is 23.6 Å². The SMILES string of the molecule is O=C(CCC(=O)c1ccc(-c2ccccc2)cc1)NNC(=O)C(=O)NCc1ccco1. The zero-order valence-electron chi connectivity index (χ0n) is 16.6. The van der Waals surface area contributed by atoms with E-state index in [1.165, 1.54) is 6.26 Å². The Kier molecular flexibility index (Phi) is 7.31. The standard InChI is InChI=1S/C23H21N3O5/c27-20(18-10-8-17(9-11-18)16-5-2-1-3-6-16)12-13-21(28)25-26-23(30)22(29)24-15-19-7-4-14-31-19/h1-11,14H,12-13,15H2,(H,24,29)(H,25,28)(H,26,30). The molecule has 0 atom stereocenters. The molecule has 158 valence electrons. The molecule has 0 aliphatic rings. The summed E-state index contributed by atoms with van der Waals surface area (Å²) >= 11 is 0. The second-order valence-electron chi connectivity index (χ2n) is 6.63. The predicted octanol–water partition coefficient (Wildman–Crippen LogP) is 2.37. The van der Waals surface area contributed by atoms with Gasteiger partial charge in [-0.25, -0.2) is 0 Å². The average molecular weight is 419 g/mol. The van der Waals surface area contributed by atoms with Crippen LogP contribution in [0.5, 0.6) is 0 Å². The predicted molar refractivity (Wildman–Crippen MR) is 112 cm³/mol. The van der Waals surface area contributed by atoms with E-state index in [4.69, 9.17) is 4.42 Å². The smallest absolute Gasteiger partial charge is 0.327 e. The minimum Gasteiger partial charge on any atom is -0.467 e. The van der Waals surface area contributed by atoms with Gasteiger partial charge in [0.1, 0.15) is 5.76 Å². The monoisotopic (exact) mass is 419 g/mol. The molecule has 0 fully saturated rings. The zero-order chi connectivity index (χ0) is 22.1. The quantitative estimate of drug-likeness (QED) is 0.309. The highest BCUT2D eigenvalue weighted by Crippen LogP contribution is 2.19. The summed E-state index contributed by atoms with van der Waals surface area (Å²) < 4.78 is 5.03. The van der Waals surface area contributed by atoms with Crippen molar-refractivity contribution in [2.75, 3.05) is 0 Å². The second kappa shape index (κ2) is 10.5. The number of Topliss-reactive ketones (excluding diaryl/α,β-unsaturated/α-hetero) is 1. The topological polar surface area (TPSA) is 118 Å². The maximum atomic E-state index is 12.3. The first-order chi connectivity index (χ1) is 15.0. The molecule has 3 N–H and O–H groups in total. The van der Waals surface area contributed by atoms with Gasteiger partial charge in [0.2, 0.25) is 5.91 Å². The van der Waals surface area contributed by atoms with Gasteiger partial charge in [-0.2, -0.15) is 0 Å². The number of hydrogen-bond donors (Lipinski definition) is 3. The van der Waals surface area contributed by atoms with Gasteiger partial charge in [-0.3, -0.25) is 30.0 Å². The van der Waals surface area contributed by atoms with Crippen molar-refractivity contribution in [3.8, 4) is 11.1 Å². The van der Waals surface area contributed by atoms with E-state index in [9.17, 15) is 19.2 Å². The Hall–Kier alpha value is -4.20. The van der Waals surface area contributed by atoms with Gasteiger partial charge in [-0.05, 0) is 23.3 Å². The van der Waals surface area contributed by atoms with Crippen molar-refractivity contribution in [2.24, 2.45) is 0 Å². The van der Waals surface area contributed by atoms with Crippen LogP contribution in [0.1, 0.15) is 29.0 Å². The summed E-state index contributed by atoms with van der Waals surface area (Å²) in [6, 6.07) is 20.2. The number of hydrogen-bond acceptors (Lipinski definition) is 5. The van der Waals surface area contributed by atoms with Crippen molar-refractivity contribution in [1.29, 1.82) is 0 Å². The molecule has 0 aliphatic carbocycles. The zero-order valence-corrected chi connectivity index (χ0v) is 16.6. The van der Waals surface area contributed by atoms with Crippen molar-refractivity contribution in [1.82, 2.24) is 16.2 Å². The number of carbonyl (C=O) groups is 4. The lowest BCUT2D eigenvalue weighted by Crippen LogP contribution is -2.48. The highest BCUT2D eigenvalue weighted by Gasteiger charge is 2.15. The first-order valence-electron chi connectivity index (χ1n) is 9.61. The van der Waals surface area contributed by atoms with Crippen LogP contribution in [-0.4, -0.2) is 23.5 Å². The normalized spacial score (nSPS) is 10.2. The lowest BCUT2D eigenvalue weighted by Gasteiger charge is -2.07. The molecule has 1 heterocycles. The summed E-state index contributed by atoms with van der Waals surface area (Å²) in [4.78, 5) is 47.5. The maximum absolute atomic E-state index is 12.3. The molecule has 0 unspecified atom stereocenters. The van der Waals surface area contributed by atoms with Crippen LogP contribution in [0.25, 0.3) is 11.1 Å². The Labute approximate surface area is 178 Å². The van der Waals surface area contributed by atoms with Crippen LogP contribution in [0.15, 0.2) is 77.4 Å². The molecule has 0 saturated carbocycles. The third kappa shape index (κ3) is 6.40. The van der Waals surface area contributed by atoms with E-state index in [0.717, 1.165) is 11.1 Å². The summed E-state index contributed by atoms with van der Waals surface area (Å²) in [7, 11) is 0. The van der Waals surface area contributed by atoms with Gasteiger partial charge in [0.15, 0.2) is 5.78 Å². The van der Waals surface area contributed by atoms with Crippen LogP contribution >= 0.6 is 0 Å². The lowest BCUT2D eigenvalue weighted by molar-refractivity contribution is -0.141. The number of benzene rings is 2. The van der Waals surface area contributed by atoms with Crippen LogP contribution in [-0.2, 0) is 20.9 Å². The Morgan fingerprint density at radius 2 is 1.42 bits per heavy atom. The van der Waals surface area contributed by atoms with Crippen molar-refractivity contribution in [3.63, 3.8) is 0 Å². The summed E-state index contributed by atoms with van der Waals surface area (Å²) in [6.07, 6.45) is 1.28. The number of hydrazine groups is 1. The molecule has 3 aromatic rings. The molecule has 3 amide bonds. The number of nitrogens with one attached hydrogen (secondary N) is 3. The molecule has 0 aliphatic heterocycles. The van der Waals surface area contributed by atoms with Gasteiger partial charge < -0.3 is 9.73 Å². The highest BCUT2D eigenvalue weighted by molar-refractivity contribution is 6.35. The molecule has 1 aromatic heterocycles. The van der Waals surface area contributed by atoms with Gasteiger partial charge in [0.25, 0.3) is 0 Å². The van der Waals surface area contributed by atoms with E-state index in [2.05, 4.69) is 10.7 Å². The minimum absolute atomic E-state index is 0.0307. The fraction of sp³-hybridized carbons (Fsp3) is 0.130. The highest BCUT2D eigenvalue weighted by atomic mass is 16.3. The van der Waals surface area contributed by atoms with Crippen molar-refractivity contribution in [2.45, 2.75) is 19.4 Å². The molecule has 31 heavy (non-hydrogen) atoms. The van der Waals surface area contributed by atoms with Crippen LogP contribution in [0.2, 0.25) is 0 Å². The number of ketones is 1. The number of furan rings is 1. The second-order valence-corrected chi connectivity index (χ2v) is 6.63. The van der Waals surface area contributed by atoms with E-state index in [1.807, 2.05) is 47.9 Å². The van der Waals surface area contributed by atoms with Crippen LogP contribution in [0, 0.1) is 0 Å². The molecule has 8 nitrogen and oxygen atoms in total. The van der Waals surface area contributed by atoms with Crippen molar-refractivity contribution in [3.05, 3.63) is 84.3 Å². The maximum Gasteiger partial charge on any atom is 0.327 e. The molecule has 0 saturated heterocycles. The van der Waals surface area contributed by atoms with Crippen LogP contribution < -0.4 is 16.2 Å². The molecule has 3 rings (SSSR count). The Bertz CT molecular complexity index is 1040. The Morgan fingerprint density at radius 3 is 2.10 bits per heavy atom. The van der Waals surface area contributed by atoms with Crippen LogP contribution in [0.4, 0.5) is 0 Å². The summed E-state index contributed by atoms with van der Waals surface area (Å²) in [6.45, 7) is 0.0464. The Morgan fingerprint density at radius 1 is 0.710 bits per heavy atom. The van der Waals surface area contributed by atoms with Gasteiger partial charge in [-0.1, -0.05) is 54.6 Å². The number of amides is 3. The number of rotatable bonds is 7. The largest absolute Gasteiger partial charge is 0.467 e. The minimum atomic E-state index is -1.03. The first kappa shape index (κ1) is 21.5.